The van der Waals surface area contributed by atoms with Crippen LogP contribution in [0.5, 0.6) is 0 Å². The third-order valence-corrected chi connectivity index (χ3v) is 4.38. The fraction of sp³-hybridized carbons (Fsp3) is 0.650. The third-order valence-electron chi connectivity index (χ3n) is 4.38. The van der Waals surface area contributed by atoms with Crippen molar-refractivity contribution < 1.29 is 14.6 Å². The van der Waals surface area contributed by atoms with Gasteiger partial charge in [0.2, 0.25) is 0 Å². The second kappa shape index (κ2) is 7.75. The van der Waals surface area contributed by atoms with Gasteiger partial charge in [0.1, 0.15) is 0 Å². The molecule has 1 saturated heterocycles. The number of hydrogen-bond acceptors (Lipinski definition) is 3. The predicted molar refractivity (Wildman–Crippen MR) is 99.7 cm³/mol. The zero-order chi connectivity index (χ0) is 18.7. The Morgan fingerprint density at radius 2 is 1.76 bits per heavy atom. The highest BCUT2D eigenvalue weighted by Gasteiger charge is 2.40. The molecule has 5 nitrogen and oxygen atoms in total. The van der Waals surface area contributed by atoms with Crippen LogP contribution >= 0.6 is 0 Å². The first kappa shape index (κ1) is 19.7. The summed E-state index contributed by atoms with van der Waals surface area (Å²) in [6.07, 6.45) is 0.202. The van der Waals surface area contributed by atoms with Gasteiger partial charge in [-0.15, -0.1) is 0 Å². The molecule has 1 aliphatic rings. The zero-order valence-corrected chi connectivity index (χ0v) is 16.1. The second-order valence-corrected chi connectivity index (χ2v) is 8.36. The van der Waals surface area contributed by atoms with E-state index in [1.807, 2.05) is 62.9 Å². The Hall–Kier alpha value is -1.59. The fourth-order valence-corrected chi connectivity index (χ4v) is 3.73. The molecule has 2 rings (SSSR count). The molecule has 0 aromatic heterocycles. The minimum Gasteiger partial charge on any atom is -0.393 e. The number of morpholine rings is 1. The Morgan fingerprint density at radius 1 is 1.20 bits per heavy atom. The molecular weight excluding hydrogens is 316 g/mol. The van der Waals surface area contributed by atoms with Crippen molar-refractivity contribution in [1.29, 1.82) is 0 Å². The SMILES string of the molecule is C[C@@H](O)C[C@@H](CNC(=O)N1CC(C)(C)OC(C)(C)C1)c1ccccc1. The summed E-state index contributed by atoms with van der Waals surface area (Å²) in [7, 11) is 0. The first-order valence-electron chi connectivity index (χ1n) is 9.04. The van der Waals surface area contributed by atoms with Crippen LogP contribution in [0.2, 0.25) is 0 Å². The number of carbonyl (C=O) groups is 1. The van der Waals surface area contributed by atoms with Gasteiger partial charge in [0, 0.05) is 12.5 Å². The van der Waals surface area contributed by atoms with Crippen molar-refractivity contribution in [1.82, 2.24) is 10.2 Å². The Kier molecular flexibility index (Phi) is 6.12. The molecule has 2 amide bonds. The average Bonchev–Trinajstić information content (AvgIpc) is 2.48. The van der Waals surface area contributed by atoms with E-state index in [0.717, 1.165) is 5.56 Å². The quantitative estimate of drug-likeness (QED) is 0.859. The van der Waals surface area contributed by atoms with E-state index in [1.54, 1.807) is 6.92 Å². The molecule has 2 atom stereocenters. The lowest BCUT2D eigenvalue weighted by atomic mass is 9.93. The summed E-state index contributed by atoms with van der Waals surface area (Å²) in [5, 5.41) is 12.8. The highest BCUT2D eigenvalue weighted by molar-refractivity contribution is 5.74. The number of hydrogen-bond donors (Lipinski definition) is 2. The van der Waals surface area contributed by atoms with E-state index >= 15 is 0 Å². The molecule has 0 unspecified atom stereocenters. The number of aliphatic hydroxyl groups is 1. The van der Waals surface area contributed by atoms with Crippen LogP contribution in [0, 0.1) is 0 Å². The molecule has 0 radical (unpaired) electrons. The van der Waals surface area contributed by atoms with Gasteiger partial charge >= 0.3 is 6.03 Å². The van der Waals surface area contributed by atoms with E-state index in [1.165, 1.54) is 0 Å². The van der Waals surface area contributed by atoms with Gasteiger partial charge in [0.25, 0.3) is 0 Å². The van der Waals surface area contributed by atoms with Crippen molar-refractivity contribution in [3.05, 3.63) is 35.9 Å². The molecule has 2 N–H and O–H groups in total. The lowest BCUT2D eigenvalue weighted by Gasteiger charge is -2.47. The highest BCUT2D eigenvalue weighted by atomic mass is 16.5. The summed E-state index contributed by atoms with van der Waals surface area (Å²) < 4.78 is 6.03. The zero-order valence-electron chi connectivity index (χ0n) is 16.1. The first-order valence-corrected chi connectivity index (χ1v) is 9.04. The van der Waals surface area contributed by atoms with Gasteiger partial charge in [-0.25, -0.2) is 4.79 Å². The maximum absolute atomic E-state index is 12.7. The normalized spacial score (nSPS) is 21.4. The smallest absolute Gasteiger partial charge is 0.317 e. The van der Waals surface area contributed by atoms with E-state index in [2.05, 4.69) is 5.32 Å². The van der Waals surface area contributed by atoms with E-state index in [4.69, 9.17) is 4.74 Å². The van der Waals surface area contributed by atoms with E-state index < -0.39 is 6.10 Å². The number of ether oxygens (including phenoxy) is 1. The number of urea groups is 1. The Labute approximate surface area is 151 Å². The van der Waals surface area contributed by atoms with Crippen molar-refractivity contribution in [3.8, 4) is 0 Å². The number of carbonyl (C=O) groups excluding carboxylic acids is 1. The Bertz CT molecular complexity index is 554. The number of rotatable bonds is 5. The minimum atomic E-state index is -0.414. The second-order valence-electron chi connectivity index (χ2n) is 8.36. The summed E-state index contributed by atoms with van der Waals surface area (Å²) >= 11 is 0. The van der Waals surface area contributed by atoms with E-state index in [0.29, 0.717) is 26.1 Å². The fourth-order valence-electron chi connectivity index (χ4n) is 3.73. The molecule has 0 saturated carbocycles. The first-order chi connectivity index (χ1) is 11.6. The molecule has 1 aromatic carbocycles. The van der Waals surface area contributed by atoms with Crippen molar-refractivity contribution in [2.75, 3.05) is 19.6 Å². The maximum Gasteiger partial charge on any atom is 0.317 e. The summed E-state index contributed by atoms with van der Waals surface area (Å²) in [5.74, 6) is 0.0900. The Morgan fingerprint density at radius 3 is 2.28 bits per heavy atom. The van der Waals surface area contributed by atoms with Crippen LogP contribution < -0.4 is 5.32 Å². The van der Waals surface area contributed by atoms with Crippen molar-refractivity contribution in [3.63, 3.8) is 0 Å². The number of aliphatic hydroxyl groups excluding tert-OH is 1. The molecular formula is C20H32N2O3. The average molecular weight is 348 g/mol. The number of nitrogens with one attached hydrogen (secondary N) is 1. The van der Waals surface area contributed by atoms with Gasteiger partial charge in [-0.2, -0.15) is 0 Å². The third kappa shape index (κ3) is 6.01. The largest absolute Gasteiger partial charge is 0.393 e. The molecule has 1 heterocycles. The molecule has 140 valence electrons. The van der Waals surface area contributed by atoms with Crippen LogP contribution in [0.3, 0.4) is 0 Å². The van der Waals surface area contributed by atoms with Crippen LogP contribution in [-0.4, -0.2) is 53.0 Å². The van der Waals surface area contributed by atoms with Gasteiger partial charge in [-0.3, -0.25) is 0 Å². The molecule has 5 heteroatoms. The number of amides is 2. The predicted octanol–water partition coefficient (Wildman–Crippen LogP) is 3.14. The Balaban J connectivity index is 2.01. The van der Waals surface area contributed by atoms with Crippen LogP contribution in [0.4, 0.5) is 4.79 Å². The van der Waals surface area contributed by atoms with E-state index in [9.17, 15) is 9.90 Å². The monoisotopic (exact) mass is 348 g/mol. The van der Waals surface area contributed by atoms with Gasteiger partial charge in [0.15, 0.2) is 0 Å². The molecule has 0 bridgehead atoms. The summed E-state index contributed by atoms with van der Waals surface area (Å²) in [5.41, 5.74) is 0.404. The lowest BCUT2D eigenvalue weighted by Crippen LogP contribution is -2.60. The van der Waals surface area contributed by atoms with Crippen molar-refractivity contribution in [2.24, 2.45) is 0 Å². The van der Waals surface area contributed by atoms with Crippen molar-refractivity contribution >= 4 is 6.03 Å². The summed E-state index contributed by atoms with van der Waals surface area (Å²) in [4.78, 5) is 14.5. The van der Waals surface area contributed by atoms with Crippen LogP contribution in [0.15, 0.2) is 30.3 Å². The summed E-state index contributed by atoms with van der Waals surface area (Å²) in [6, 6.07) is 9.95. The highest BCUT2D eigenvalue weighted by Crippen LogP contribution is 2.28. The number of nitrogens with zero attached hydrogens (tertiary/aromatic N) is 1. The molecule has 1 fully saturated rings. The molecule has 0 spiro atoms. The van der Waals surface area contributed by atoms with Gasteiger partial charge < -0.3 is 20.1 Å². The molecule has 0 aliphatic carbocycles. The standard InChI is InChI=1S/C20H32N2O3/c1-15(23)11-17(16-9-7-6-8-10-16)12-21-18(24)22-13-19(2,3)25-20(4,5)14-22/h6-10,15,17,23H,11-14H2,1-5H3,(H,21,24)/t15-,17+/m1/s1. The molecule has 1 aliphatic heterocycles. The topological polar surface area (TPSA) is 61.8 Å². The number of benzene rings is 1. The van der Waals surface area contributed by atoms with Crippen LogP contribution in [0.1, 0.15) is 52.5 Å². The van der Waals surface area contributed by atoms with Crippen LogP contribution in [-0.2, 0) is 4.74 Å². The van der Waals surface area contributed by atoms with Gasteiger partial charge in [-0.1, -0.05) is 30.3 Å². The van der Waals surface area contributed by atoms with E-state index in [-0.39, 0.29) is 23.2 Å². The molecule has 25 heavy (non-hydrogen) atoms. The maximum atomic E-state index is 12.7. The van der Waals surface area contributed by atoms with Gasteiger partial charge in [0.05, 0.1) is 30.4 Å². The summed E-state index contributed by atoms with van der Waals surface area (Å²) in [6.45, 7) is 11.5. The van der Waals surface area contributed by atoms with Crippen molar-refractivity contribution in [2.45, 2.75) is 64.3 Å². The van der Waals surface area contributed by atoms with Gasteiger partial charge in [-0.05, 0) is 46.6 Å². The molecule has 1 aromatic rings. The minimum absolute atomic E-state index is 0.0732. The van der Waals surface area contributed by atoms with Crippen LogP contribution in [0.25, 0.3) is 0 Å². The lowest BCUT2D eigenvalue weighted by molar-refractivity contribution is -0.170.